The minimum absolute atomic E-state index is 1.07. The predicted octanol–water partition coefficient (Wildman–Crippen LogP) is -1.71. The quantitative estimate of drug-likeness (QED) is 0.464. The molecule has 0 aromatic heterocycles. The van der Waals surface area contributed by atoms with Crippen LogP contribution in [0.15, 0.2) is 0 Å². The molecule has 5 nitrogen and oxygen atoms in total. The molecule has 1 aliphatic heterocycles. The van der Waals surface area contributed by atoms with Crippen LogP contribution in [-0.4, -0.2) is 77.4 Å². The molecule has 1 rings (SSSR count). The van der Waals surface area contributed by atoms with Crippen LogP contribution in [0, 0.1) is 0 Å². The molecule has 4 N–H and O–H groups in total. The Morgan fingerprint density at radius 3 is 1.88 bits per heavy atom. The van der Waals surface area contributed by atoms with Gasteiger partial charge in [0, 0.05) is 65.4 Å². The fraction of sp³-hybridized carbons (Fsp3) is 1.00. The Balaban J connectivity index is 2.19. The van der Waals surface area contributed by atoms with E-state index in [1.54, 1.807) is 0 Å². The summed E-state index contributed by atoms with van der Waals surface area (Å²) in [5.41, 5.74) is 0. The molecule has 0 aliphatic carbocycles. The molecule has 16 heavy (non-hydrogen) atoms. The number of nitrogens with one attached hydrogen (secondary N) is 4. The van der Waals surface area contributed by atoms with Crippen LogP contribution in [0.1, 0.15) is 0 Å². The van der Waals surface area contributed by atoms with Gasteiger partial charge in [0.05, 0.1) is 0 Å². The minimum atomic E-state index is 1.07. The molecule has 1 aliphatic rings. The van der Waals surface area contributed by atoms with Crippen LogP contribution in [0.3, 0.4) is 0 Å². The standard InChI is InChI=1S/C11H27N5/c1-12-6-9-16-10-7-14-4-2-13-3-5-15-8-11-16/h12-15H,2-11H2,1H3. The first-order valence-corrected chi connectivity index (χ1v) is 6.42. The second kappa shape index (κ2) is 9.99. The lowest BCUT2D eigenvalue weighted by molar-refractivity contribution is 0.272. The minimum Gasteiger partial charge on any atom is -0.318 e. The number of hydrogen-bond donors (Lipinski definition) is 4. The summed E-state index contributed by atoms with van der Waals surface area (Å²) >= 11 is 0. The molecule has 0 unspecified atom stereocenters. The van der Waals surface area contributed by atoms with Crippen molar-refractivity contribution >= 4 is 0 Å². The van der Waals surface area contributed by atoms with Crippen molar-refractivity contribution in [1.29, 1.82) is 0 Å². The van der Waals surface area contributed by atoms with Gasteiger partial charge in [0.1, 0.15) is 0 Å². The molecule has 0 aromatic rings. The highest BCUT2D eigenvalue weighted by molar-refractivity contribution is 4.65. The molecule has 0 atom stereocenters. The SMILES string of the molecule is CNCCN1CCNCCNCCNCC1. The molecule has 96 valence electrons. The monoisotopic (exact) mass is 229 g/mol. The van der Waals surface area contributed by atoms with Gasteiger partial charge < -0.3 is 21.3 Å². The smallest absolute Gasteiger partial charge is 0.0108 e. The van der Waals surface area contributed by atoms with Crippen LogP contribution >= 0.6 is 0 Å². The maximum Gasteiger partial charge on any atom is 0.0108 e. The number of rotatable bonds is 3. The van der Waals surface area contributed by atoms with Gasteiger partial charge in [-0.1, -0.05) is 0 Å². The van der Waals surface area contributed by atoms with Crippen molar-refractivity contribution in [2.24, 2.45) is 0 Å². The first-order chi connectivity index (χ1) is 7.93. The molecule has 0 spiro atoms. The lowest BCUT2D eigenvalue weighted by Gasteiger charge is -2.23. The molecule has 5 heteroatoms. The largest absolute Gasteiger partial charge is 0.318 e. The van der Waals surface area contributed by atoms with Crippen molar-refractivity contribution in [3.05, 3.63) is 0 Å². The molecule has 0 amide bonds. The van der Waals surface area contributed by atoms with Crippen molar-refractivity contribution < 1.29 is 0 Å². The van der Waals surface area contributed by atoms with Gasteiger partial charge in [0.2, 0.25) is 0 Å². The normalized spacial score (nSPS) is 22.3. The maximum absolute atomic E-state index is 3.46. The number of hydrogen-bond acceptors (Lipinski definition) is 5. The van der Waals surface area contributed by atoms with E-state index in [2.05, 4.69) is 26.2 Å². The van der Waals surface area contributed by atoms with E-state index in [0.29, 0.717) is 0 Å². The molecule has 0 saturated carbocycles. The van der Waals surface area contributed by atoms with Gasteiger partial charge in [-0.2, -0.15) is 0 Å². The molecule has 1 saturated heterocycles. The Morgan fingerprint density at radius 1 is 0.875 bits per heavy atom. The highest BCUT2D eigenvalue weighted by Gasteiger charge is 2.04. The molecule has 0 radical (unpaired) electrons. The first-order valence-electron chi connectivity index (χ1n) is 6.42. The van der Waals surface area contributed by atoms with Crippen LogP contribution in [-0.2, 0) is 0 Å². The topological polar surface area (TPSA) is 51.4 Å². The van der Waals surface area contributed by atoms with Crippen LogP contribution < -0.4 is 21.3 Å². The van der Waals surface area contributed by atoms with E-state index in [9.17, 15) is 0 Å². The van der Waals surface area contributed by atoms with Gasteiger partial charge in [-0.25, -0.2) is 0 Å². The van der Waals surface area contributed by atoms with Crippen molar-refractivity contribution in [2.45, 2.75) is 0 Å². The highest BCUT2D eigenvalue weighted by Crippen LogP contribution is 1.85. The summed E-state index contributed by atoms with van der Waals surface area (Å²) in [5.74, 6) is 0. The molecule has 1 fully saturated rings. The molecule has 1 heterocycles. The fourth-order valence-electron chi connectivity index (χ4n) is 1.81. The summed E-state index contributed by atoms with van der Waals surface area (Å²) in [7, 11) is 2.01. The van der Waals surface area contributed by atoms with Crippen molar-refractivity contribution in [3.63, 3.8) is 0 Å². The van der Waals surface area contributed by atoms with Crippen LogP contribution in [0.25, 0.3) is 0 Å². The zero-order valence-corrected chi connectivity index (χ0v) is 10.5. The summed E-state index contributed by atoms with van der Waals surface area (Å²) in [6, 6.07) is 0. The molecular formula is C11H27N5. The van der Waals surface area contributed by atoms with E-state index in [0.717, 1.165) is 65.4 Å². The van der Waals surface area contributed by atoms with Gasteiger partial charge in [-0.15, -0.1) is 0 Å². The van der Waals surface area contributed by atoms with E-state index in [1.807, 2.05) is 7.05 Å². The number of nitrogens with zero attached hydrogens (tertiary/aromatic N) is 1. The molecular weight excluding hydrogens is 202 g/mol. The van der Waals surface area contributed by atoms with E-state index in [-0.39, 0.29) is 0 Å². The summed E-state index contributed by atoms with van der Waals surface area (Å²) in [5, 5.41) is 13.5. The van der Waals surface area contributed by atoms with E-state index in [1.165, 1.54) is 0 Å². The zero-order valence-electron chi connectivity index (χ0n) is 10.5. The Hall–Kier alpha value is -0.200. The van der Waals surface area contributed by atoms with E-state index >= 15 is 0 Å². The second-order valence-corrected chi connectivity index (χ2v) is 4.20. The third-order valence-corrected chi connectivity index (χ3v) is 2.84. The Bertz CT molecular complexity index is 141. The Labute approximate surface area is 99.3 Å². The number of likely N-dealkylation sites (N-methyl/N-ethyl adjacent to an activating group) is 1. The average Bonchev–Trinajstić information content (AvgIpc) is 2.28. The average molecular weight is 229 g/mol. The first kappa shape index (κ1) is 13.9. The Morgan fingerprint density at radius 2 is 1.38 bits per heavy atom. The van der Waals surface area contributed by atoms with Gasteiger partial charge in [-0.05, 0) is 7.05 Å². The lowest BCUT2D eigenvalue weighted by atomic mass is 10.4. The van der Waals surface area contributed by atoms with Gasteiger partial charge in [-0.3, -0.25) is 4.90 Å². The predicted molar refractivity (Wildman–Crippen MR) is 69.0 cm³/mol. The second-order valence-electron chi connectivity index (χ2n) is 4.20. The van der Waals surface area contributed by atoms with Gasteiger partial charge in [0.15, 0.2) is 0 Å². The van der Waals surface area contributed by atoms with Gasteiger partial charge >= 0.3 is 0 Å². The summed E-state index contributed by atoms with van der Waals surface area (Å²) in [4.78, 5) is 2.51. The fourth-order valence-corrected chi connectivity index (χ4v) is 1.81. The van der Waals surface area contributed by atoms with Crippen LogP contribution in [0.5, 0.6) is 0 Å². The summed E-state index contributed by atoms with van der Waals surface area (Å²) < 4.78 is 0. The molecule has 0 bridgehead atoms. The summed E-state index contributed by atoms with van der Waals surface area (Å²) in [6.45, 7) is 10.9. The van der Waals surface area contributed by atoms with Crippen LogP contribution in [0.2, 0.25) is 0 Å². The van der Waals surface area contributed by atoms with E-state index in [4.69, 9.17) is 0 Å². The highest BCUT2D eigenvalue weighted by atomic mass is 15.2. The third-order valence-electron chi connectivity index (χ3n) is 2.84. The third kappa shape index (κ3) is 7.14. The maximum atomic E-state index is 3.46. The molecule has 0 aromatic carbocycles. The van der Waals surface area contributed by atoms with Gasteiger partial charge in [0.25, 0.3) is 0 Å². The van der Waals surface area contributed by atoms with Crippen molar-refractivity contribution in [1.82, 2.24) is 26.2 Å². The van der Waals surface area contributed by atoms with Crippen molar-refractivity contribution in [3.8, 4) is 0 Å². The lowest BCUT2D eigenvalue weighted by Crippen LogP contribution is -2.43. The zero-order chi connectivity index (χ0) is 11.5. The summed E-state index contributed by atoms with van der Waals surface area (Å²) in [6.07, 6.45) is 0. The van der Waals surface area contributed by atoms with Crippen LogP contribution in [0.4, 0.5) is 0 Å². The van der Waals surface area contributed by atoms with Crippen molar-refractivity contribution in [2.75, 3.05) is 72.5 Å². The Kier molecular flexibility index (Phi) is 8.65. The van der Waals surface area contributed by atoms with E-state index < -0.39 is 0 Å².